The molecule has 0 saturated carbocycles. The van der Waals surface area contributed by atoms with Crippen molar-refractivity contribution in [3.05, 3.63) is 39.4 Å². The van der Waals surface area contributed by atoms with Gasteiger partial charge in [0.25, 0.3) is 0 Å². The van der Waals surface area contributed by atoms with Gasteiger partial charge in [-0.1, -0.05) is 0 Å². The highest BCUT2D eigenvalue weighted by Gasteiger charge is 2.67. The highest BCUT2D eigenvalue weighted by Crippen LogP contribution is 2.69. The molecular weight excluding hydrogens is 534 g/mol. The predicted octanol–water partition coefficient (Wildman–Crippen LogP) is 2.89. The van der Waals surface area contributed by atoms with Crippen molar-refractivity contribution in [3.63, 3.8) is 0 Å². The number of aryl methyl sites for hydroxylation is 1. The molecule has 3 saturated heterocycles. The van der Waals surface area contributed by atoms with Crippen LogP contribution < -0.4 is 19.9 Å². The van der Waals surface area contributed by atoms with Crippen molar-refractivity contribution in [1.29, 1.82) is 0 Å². The lowest BCUT2D eigenvalue weighted by molar-refractivity contribution is -0.171. The summed E-state index contributed by atoms with van der Waals surface area (Å²) in [5, 5.41) is 23.2. The van der Waals surface area contributed by atoms with Gasteiger partial charge in [-0.05, 0) is 44.4 Å². The normalized spacial score (nSPS) is 35.3. The number of aromatic hydroxyl groups is 2. The van der Waals surface area contributed by atoms with E-state index in [1.54, 1.807) is 18.9 Å². The summed E-state index contributed by atoms with van der Waals surface area (Å²) in [5.74, 6) is 1.92. The van der Waals surface area contributed by atoms with Crippen LogP contribution in [0, 0.1) is 13.8 Å². The van der Waals surface area contributed by atoms with E-state index in [9.17, 15) is 15.0 Å². The molecule has 11 heteroatoms. The van der Waals surface area contributed by atoms with Crippen molar-refractivity contribution >= 4 is 17.7 Å². The Morgan fingerprint density at radius 2 is 1.90 bits per heavy atom. The summed E-state index contributed by atoms with van der Waals surface area (Å²) in [4.78, 5) is 17.8. The molecule has 2 aromatic carbocycles. The fraction of sp³-hybridized carbons (Fsp3) is 0.552. The second-order valence-corrected chi connectivity index (χ2v) is 13.3. The van der Waals surface area contributed by atoms with E-state index in [2.05, 4.69) is 22.8 Å². The van der Waals surface area contributed by atoms with Crippen molar-refractivity contribution in [2.45, 2.75) is 68.2 Å². The van der Waals surface area contributed by atoms with Crippen molar-refractivity contribution in [2.24, 2.45) is 5.73 Å². The zero-order valence-corrected chi connectivity index (χ0v) is 23.7. The lowest BCUT2D eigenvalue weighted by Crippen LogP contribution is -2.71. The van der Waals surface area contributed by atoms with Gasteiger partial charge >= 0.3 is 5.97 Å². The average molecular weight is 568 g/mol. The van der Waals surface area contributed by atoms with E-state index in [-0.39, 0.29) is 59.9 Å². The van der Waals surface area contributed by atoms with Crippen LogP contribution in [0.25, 0.3) is 0 Å². The first-order valence-corrected chi connectivity index (χ1v) is 14.9. The second-order valence-electron chi connectivity index (χ2n) is 12.1. The molecule has 10 nitrogen and oxygen atoms in total. The quantitative estimate of drug-likeness (QED) is 0.440. The Bertz CT molecular complexity index is 1500. The molecule has 0 aromatic heterocycles. The van der Waals surface area contributed by atoms with Gasteiger partial charge < -0.3 is 34.9 Å². The predicted molar refractivity (Wildman–Crippen MR) is 146 cm³/mol. The van der Waals surface area contributed by atoms with E-state index in [4.69, 9.17) is 24.7 Å². The van der Waals surface area contributed by atoms with Crippen LogP contribution in [0.2, 0.25) is 0 Å². The van der Waals surface area contributed by atoms with Gasteiger partial charge in [-0.25, -0.2) is 0 Å². The van der Waals surface area contributed by atoms with Crippen molar-refractivity contribution in [1.82, 2.24) is 9.80 Å². The van der Waals surface area contributed by atoms with Crippen LogP contribution in [-0.4, -0.2) is 76.9 Å². The molecule has 2 bridgehead atoms. The molecule has 3 fully saturated rings. The first-order valence-electron chi connectivity index (χ1n) is 13.8. The standard InChI is InChI=1S/C29H33N3O7S/c1-11-5-14-17(23(34)24(11)36-4)20-21-27-19-18(26-25(38-10-39-26)12(2)22(19)33)16(8-37-28(35)15(30)9-40-27)31(21)7-13-6-29(14,3)32(13)20/h5,13,15-16,20-21,27,33-34H,6-10,30H2,1-4H3/t13-,15-,16-,20+,21?,27+,29+/m0/s1. The van der Waals surface area contributed by atoms with Gasteiger partial charge in [0.05, 0.1) is 24.4 Å². The number of esters is 1. The number of phenols is 2. The molecule has 8 rings (SSSR count). The molecule has 212 valence electrons. The number of nitrogens with two attached hydrogens (primary N) is 1. The number of thioether (sulfide) groups is 1. The smallest absolute Gasteiger partial charge is 0.323 e. The van der Waals surface area contributed by atoms with E-state index in [1.807, 2.05) is 13.8 Å². The zero-order chi connectivity index (χ0) is 27.8. The highest BCUT2D eigenvalue weighted by molar-refractivity contribution is 7.99. The number of nitrogens with zero attached hydrogens (tertiary/aromatic N) is 2. The Kier molecular flexibility index (Phi) is 5.05. The van der Waals surface area contributed by atoms with Gasteiger partial charge in [-0.3, -0.25) is 14.6 Å². The third-order valence-corrected chi connectivity index (χ3v) is 11.6. The maximum Gasteiger partial charge on any atom is 0.323 e. The summed E-state index contributed by atoms with van der Waals surface area (Å²) in [7, 11) is 1.59. The first-order chi connectivity index (χ1) is 19.2. The lowest BCUT2D eigenvalue weighted by Gasteiger charge is -2.65. The van der Waals surface area contributed by atoms with E-state index >= 15 is 0 Å². The Morgan fingerprint density at radius 3 is 2.67 bits per heavy atom. The molecule has 2 aromatic rings. The molecule has 40 heavy (non-hydrogen) atoms. The highest BCUT2D eigenvalue weighted by atomic mass is 32.2. The molecule has 0 spiro atoms. The number of methoxy groups -OCH3 is 1. The number of hydrogen-bond donors (Lipinski definition) is 3. The zero-order valence-electron chi connectivity index (χ0n) is 22.9. The summed E-state index contributed by atoms with van der Waals surface area (Å²) < 4.78 is 23.4. The number of carbonyl (C=O) groups excluding carboxylic acids is 1. The molecule has 6 aliphatic rings. The fourth-order valence-electron chi connectivity index (χ4n) is 8.56. The minimum atomic E-state index is -0.781. The van der Waals surface area contributed by atoms with Crippen molar-refractivity contribution in [3.8, 4) is 28.7 Å². The Balaban J connectivity index is 1.40. The number of hydrogen-bond acceptors (Lipinski definition) is 11. The number of ether oxygens (including phenoxy) is 4. The summed E-state index contributed by atoms with van der Waals surface area (Å²) in [5.41, 5.74) is 11.3. The van der Waals surface area contributed by atoms with Crippen LogP contribution in [0.1, 0.15) is 64.1 Å². The van der Waals surface area contributed by atoms with Crippen LogP contribution in [0.15, 0.2) is 6.07 Å². The largest absolute Gasteiger partial charge is 0.507 e. The number of carbonyl (C=O) groups is 1. The van der Waals surface area contributed by atoms with Crippen LogP contribution in [0.3, 0.4) is 0 Å². The molecule has 0 radical (unpaired) electrons. The minimum absolute atomic E-state index is 0.0719. The number of cyclic esters (lactones) is 1. The average Bonchev–Trinajstić information content (AvgIpc) is 3.49. The summed E-state index contributed by atoms with van der Waals surface area (Å²) in [6.45, 7) is 6.99. The van der Waals surface area contributed by atoms with Crippen LogP contribution in [0.5, 0.6) is 28.7 Å². The monoisotopic (exact) mass is 567 g/mol. The molecule has 6 aliphatic heterocycles. The summed E-state index contributed by atoms with van der Waals surface area (Å²) in [6.07, 6.45) is 0.948. The third kappa shape index (κ3) is 2.84. The number of piperazine rings is 1. The maximum atomic E-state index is 12.8. The Morgan fingerprint density at radius 1 is 1.12 bits per heavy atom. The van der Waals surface area contributed by atoms with Gasteiger partial charge in [0, 0.05) is 52.2 Å². The number of fused-ring (bicyclic) bond motifs is 8. The van der Waals surface area contributed by atoms with Gasteiger partial charge in [-0.2, -0.15) is 0 Å². The number of phenolic OH excluding ortho intramolecular Hbond substituents is 2. The number of rotatable bonds is 1. The van der Waals surface area contributed by atoms with E-state index in [1.165, 1.54) is 0 Å². The van der Waals surface area contributed by atoms with Crippen LogP contribution in [0.4, 0.5) is 0 Å². The van der Waals surface area contributed by atoms with Crippen molar-refractivity contribution in [2.75, 3.05) is 32.8 Å². The lowest BCUT2D eigenvalue weighted by atomic mass is 9.73. The Hall–Kier alpha value is -2.86. The van der Waals surface area contributed by atoms with Crippen LogP contribution in [-0.2, 0) is 15.1 Å². The first kappa shape index (κ1) is 24.9. The second kappa shape index (κ2) is 8.12. The van der Waals surface area contributed by atoms with Crippen LogP contribution >= 0.6 is 11.8 Å². The maximum absolute atomic E-state index is 12.8. The van der Waals surface area contributed by atoms with Gasteiger partial charge in [0.1, 0.15) is 18.4 Å². The topological polar surface area (TPSA) is 127 Å². The molecule has 1 unspecified atom stereocenters. The van der Waals surface area contributed by atoms with Gasteiger partial charge in [-0.15, -0.1) is 11.8 Å². The third-order valence-electron chi connectivity index (χ3n) is 10.2. The Labute approximate surface area is 236 Å². The SMILES string of the molecule is COc1c(C)cc2c(c1O)[C@@H]1C3[C@@H]4SC[C@H](N)C(=O)OC[C@@H](c5c6c(c(C)c(O)c54)OCO6)N3C[C@@H]3C[C@@]2(C)N31. The molecule has 7 atom stereocenters. The van der Waals surface area contributed by atoms with Gasteiger partial charge in [0.15, 0.2) is 23.0 Å². The fourth-order valence-corrected chi connectivity index (χ4v) is 10.0. The molecule has 6 heterocycles. The summed E-state index contributed by atoms with van der Waals surface area (Å²) in [6, 6.07) is 0.962. The number of benzene rings is 2. The molecule has 0 aliphatic carbocycles. The molecule has 4 N–H and O–H groups in total. The van der Waals surface area contributed by atoms with E-state index in [0.717, 1.165) is 40.8 Å². The summed E-state index contributed by atoms with van der Waals surface area (Å²) >= 11 is 1.56. The molecule has 0 amide bonds. The van der Waals surface area contributed by atoms with E-state index < -0.39 is 12.0 Å². The minimum Gasteiger partial charge on any atom is -0.507 e. The van der Waals surface area contributed by atoms with Gasteiger partial charge in [0.2, 0.25) is 6.79 Å². The molecular formula is C29H33N3O7S. The van der Waals surface area contributed by atoms with E-state index in [0.29, 0.717) is 28.6 Å². The van der Waals surface area contributed by atoms with Crippen molar-refractivity contribution < 1.29 is 34.0 Å².